The fraction of sp³-hybridized carbons (Fsp3) is 0.0952. The van der Waals surface area contributed by atoms with Crippen molar-refractivity contribution in [3.05, 3.63) is 71.3 Å². The second-order valence-corrected chi connectivity index (χ2v) is 5.69. The van der Waals surface area contributed by atoms with Crippen LogP contribution in [-0.2, 0) is 4.74 Å². The van der Waals surface area contributed by atoms with Gasteiger partial charge in [-0.3, -0.25) is 0 Å². The molecule has 0 fully saturated rings. The lowest BCUT2D eigenvalue weighted by Gasteiger charge is -2.13. The summed E-state index contributed by atoms with van der Waals surface area (Å²) < 4.78 is 16.6. The molecule has 0 bridgehead atoms. The third kappa shape index (κ3) is 2.43. The van der Waals surface area contributed by atoms with Crippen molar-refractivity contribution >= 4 is 28.6 Å². The van der Waals surface area contributed by atoms with Gasteiger partial charge in [0.2, 0.25) is 0 Å². The lowest BCUT2D eigenvalue weighted by atomic mass is 10.0. The van der Waals surface area contributed by atoms with E-state index in [9.17, 15) is 4.79 Å². The second-order valence-electron chi connectivity index (χ2n) is 5.69. The highest BCUT2D eigenvalue weighted by atomic mass is 16.5. The summed E-state index contributed by atoms with van der Waals surface area (Å²) in [6.07, 6.45) is 1.82. The third-order valence-electron chi connectivity index (χ3n) is 4.31. The summed E-state index contributed by atoms with van der Waals surface area (Å²) >= 11 is 0. The van der Waals surface area contributed by atoms with E-state index in [1.165, 1.54) is 0 Å². The van der Waals surface area contributed by atoms with Gasteiger partial charge in [-0.15, -0.1) is 0 Å². The first-order valence-electron chi connectivity index (χ1n) is 7.90. The lowest BCUT2D eigenvalue weighted by molar-refractivity contribution is 0.0717. The maximum Gasteiger partial charge on any atom is 0.344 e. The van der Waals surface area contributed by atoms with Gasteiger partial charge in [0.15, 0.2) is 0 Å². The van der Waals surface area contributed by atoms with Crippen molar-refractivity contribution in [3.63, 3.8) is 0 Å². The number of rotatable bonds is 3. The molecule has 4 heteroatoms. The van der Waals surface area contributed by atoms with E-state index in [0.29, 0.717) is 17.1 Å². The molecule has 1 aliphatic heterocycles. The van der Waals surface area contributed by atoms with Gasteiger partial charge in [-0.1, -0.05) is 42.5 Å². The minimum atomic E-state index is -0.339. The molecule has 1 aliphatic rings. The summed E-state index contributed by atoms with van der Waals surface area (Å²) in [6, 6.07) is 17.1. The number of hydrogen-bond acceptors (Lipinski definition) is 4. The molecule has 0 N–H and O–H groups in total. The van der Waals surface area contributed by atoms with E-state index in [0.717, 1.165) is 27.6 Å². The van der Waals surface area contributed by atoms with Gasteiger partial charge in [-0.05, 0) is 18.2 Å². The Morgan fingerprint density at radius 1 is 0.880 bits per heavy atom. The average molecular weight is 332 g/mol. The molecule has 124 valence electrons. The first-order valence-corrected chi connectivity index (χ1v) is 7.90. The quantitative estimate of drug-likeness (QED) is 0.661. The topological polar surface area (TPSA) is 44.8 Å². The summed E-state index contributed by atoms with van der Waals surface area (Å²) in [5.74, 6) is 1.62. The van der Waals surface area contributed by atoms with Crippen LogP contribution >= 0.6 is 0 Å². The Hall–Kier alpha value is -3.27. The van der Waals surface area contributed by atoms with Crippen molar-refractivity contribution in [3.8, 4) is 11.5 Å². The van der Waals surface area contributed by atoms with Crippen molar-refractivity contribution in [2.75, 3.05) is 14.2 Å². The van der Waals surface area contributed by atoms with Crippen molar-refractivity contribution in [2.24, 2.45) is 0 Å². The Labute approximate surface area is 145 Å². The highest BCUT2D eigenvalue weighted by molar-refractivity contribution is 6.07. The number of cyclic esters (lactones) is 1. The lowest BCUT2D eigenvalue weighted by Crippen LogP contribution is -1.94. The SMILES string of the molecule is COc1cc(/C=C2\OC(=O)c3ccccc32)c(OC)c2ccccc12. The summed E-state index contributed by atoms with van der Waals surface area (Å²) in [5.41, 5.74) is 2.14. The Bertz CT molecular complexity index is 1020. The zero-order valence-electron chi connectivity index (χ0n) is 13.9. The van der Waals surface area contributed by atoms with Gasteiger partial charge < -0.3 is 14.2 Å². The van der Waals surface area contributed by atoms with Crippen molar-refractivity contribution in [1.29, 1.82) is 0 Å². The molecule has 0 saturated carbocycles. The Morgan fingerprint density at radius 3 is 2.28 bits per heavy atom. The molecule has 0 aromatic heterocycles. The Morgan fingerprint density at radius 2 is 1.56 bits per heavy atom. The molecule has 0 atom stereocenters. The van der Waals surface area contributed by atoms with Crippen LogP contribution in [0.25, 0.3) is 22.6 Å². The smallest absolute Gasteiger partial charge is 0.344 e. The normalized spacial score (nSPS) is 14.5. The van der Waals surface area contributed by atoms with E-state index in [4.69, 9.17) is 14.2 Å². The average Bonchev–Trinajstić information content (AvgIpc) is 2.97. The number of fused-ring (bicyclic) bond motifs is 2. The van der Waals surface area contributed by atoms with Crippen LogP contribution in [-0.4, -0.2) is 20.2 Å². The maximum absolute atomic E-state index is 12.0. The van der Waals surface area contributed by atoms with Crippen molar-refractivity contribution in [2.45, 2.75) is 0 Å². The van der Waals surface area contributed by atoms with Crippen LogP contribution < -0.4 is 9.47 Å². The number of methoxy groups -OCH3 is 2. The van der Waals surface area contributed by atoms with E-state index in [-0.39, 0.29) is 5.97 Å². The van der Waals surface area contributed by atoms with Gasteiger partial charge in [-0.2, -0.15) is 0 Å². The molecular weight excluding hydrogens is 316 g/mol. The van der Waals surface area contributed by atoms with E-state index >= 15 is 0 Å². The molecule has 0 unspecified atom stereocenters. The van der Waals surface area contributed by atoms with Crippen molar-refractivity contribution in [1.82, 2.24) is 0 Å². The minimum absolute atomic E-state index is 0.339. The van der Waals surface area contributed by atoms with Crippen LogP contribution in [0.2, 0.25) is 0 Å². The number of carbonyl (C=O) groups is 1. The largest absolute Gasteiger partial charge is 0.496 e. The van der Waals surface area contributed by atoms with E-state index in [1.807, 2.05) is 54.6 Å². The van der Waals surface area contributed by atoms with Crippen LogP contribution in [0.5, 0.6) is 11.5 Å². The van der Waals surface area contributed by atoms with Crippen LogP contribution in [0.1, 0.15) is 21.5 Å². The number of hydrogen-bond donors (Lipinski definition) is 0. The molecule has 0 saturated heterocycles. The molecule has 4 rings (SSSR count). The summed E-state index contributed by atoms with van der Waals surface area (Å²) in [7, 11) is 3.26. The third-order valence-corrected chi connectivity index (χ3v) is 4.31. The van der Waals surface area contributed by atoms with Gasteiger partial charge in [0.25, 0.3) is 0 Å². The Kier molecular flexibility index (Phi) is 3.65. The van der Waals surface area contributed by atoms with Crippen molar-refractivity contribution < 1.29 is 19.0 Å². The maximum atomic E-state index is 12.0. The zero-order chi connectivity index (χ0) is 17.4. The predicted molar refractivity (Wildman–Crippen MR) is 96.8 cm³/mol. The first kappa shape index (κ1) is 15.3. The standard InChI is InChI=1S/C21H16O4/c1-23-18-11-13(20(24-2)16-9-5-3-7-14(16)18)12-19-15-8-4-6-10-17(15)21(22)25-19/h3-12H,1-2H3/b19-12-. The molecule has 25 heavy (non-hydrogen) atoms. The van der Waals surface area contributed by atoms with Gasteiger partial charge in [0, 0.05) is 21.9 Å². The molecule has 3 aromatic carbocycles. The predicted octanol–water partition coefficient (Wildman–Crippen LogP) is 4.53. The number of benzene rings is 3. The molecule has 4 nitrogen and oxygen atoms in total. The summed E-state index contributed by atoms with van der Waals surface area (Å²) in [6.45, 7) is 0. The van der Waals surface area contributed by atoms with E-state index < -0.39 is 0 Å². The molecule has 0 spiro atoms. The van der Waals surface area contributed by atoms with Crippen LogP contribution in [0, 0.1) is 0 Å². The molecule has 1 heterocycles. The van der Waals surface area contributed by atoms with Gasteiger partial charge in [-0.25, -0.2) is 4.79 Å². The fourth-order valence-corrected chi connectivity index (χ4v) is 3.17. The highest BCUT2D eigenvalue weighted by Gasteiger charge is 2.26. The van der Waals surface area contributed by atoms with Gasteiger partial charge >= 0.3 is 5.97 Å². The molecule has 0 amide bonds. The first-order chi connectivity index (χ1) is 12.2. The van der Waals surface area contributed by atoms with E-state index in [2.05, 4.69) is 0 Å². The van der Waals surface area contributed by atoms with Gasteiger partial charge in [0.05, 0.1) is 19.8 Å². The number of ether oxygens (including phenoxy) is 3. The summed E-state index contributed by atoms with van der Waals surface area (Å²) in [4.78, 5) is 12.0. The van der Waals surface area contributed by atoms with Crippen LogP contribution in [0.4, 0.5) is 0 Å². The Balaban J connectivity index is 1.95. The summed E-state index contributed by atoms with van der Waals surface area (Å²) in [5, 5.41) is 1.90. The second kappa shape index (κ2) is 5.98. The molecule has 0 radical (unpaired) electrons. The fourth-order valence-electron chi connectivity index (χ4n) is 3.17. The monoisotopic (exact) mass is 332 g/mol. The molecule has 0 aliphatic carbocycles. The van der Waals surface area contributed by atoms with Crippen LogP contribution in [0.15, 0.2) is 54.6 Å². The highest BCUT2D eigenvalue weighted by Crippen LogP contribution is 2.39. The zero-order valence-corrected chi connectivity index (χ0v) is 13.9. The minimum Gasteiger partial charge on any atom is -0.496 e. The van der Waals surface area contributed by atoms with Crippen LogP contribution in [0.3, 0.4) is 0 Å². The van der Waals surface area contributed by atoms with E-state index in [1.54, 1.807) is 20.3 Å². The van der Waals surface area contributed by atoms with Gasteiger partial charge in [0.1, 0.15) is 17.3 Å². The number of esters is 1. The number of carbonyl (C=O) groups excluding carboxylic acids is 1. The molecular formula is C21H16O4. The molecule has 3 aromatic rings.